The molecule has 0 fully saturated rings. The van der Waals surface area contributed by atoms with Gasteiger partial charge in [-0.25, -0.2) is 5.10 Å². The van der Waals surface area contributed by atoms with Crippen molar-refractivity contribution in [3.05, 3.63) is 68.8 Å². The number of aromatic amines is 1. The summed E-state index contributed by atoms with van der Waals surface area (Å²) < 4.78 is 1.70. The molecule has 3 aromatic heterocycles. The van der Waals surface area contributed by atoms with Gasteiger partial charge in [0.15, 0.2) is 0 Å². The molecule has 134 valence electrons. The lowest BCUT2D eigenvalue weighted by Crippen LogP contribution is -2.29. The molecule has 1 atom stereocenters. The Morgan fingerprint density at radius 1 is 1.22 bits per heavy atom. The quantitative estimate of drug-likeness (QED) is 0.501. The van der Waals surface area contributed by atoms with E-state index in [1.54, 1.807) is 16.0 Å². The molecule has 5 rings (SSSR count). The standard InChI is InChI=1S/C18H15N7OS/c1-2-10-5-7-11(8-6-10)16-13-14(12-4-3-9-27-12)20-21-17(26)15(13)19-18-22-23-24-25(16)18/h3-9,16H,2H2,1H3,(H,21,26)(H,19,22,24)/t16-/m0/s1. The van der Waals surface area contributed by atoms with Gasteiger partial charge in [0.25, 0.3) is 5.56 Å². The van der Waals surface area contributed by atoms with E-state index in [-0.39, 0.29) is 11.6 Å². The number of nitrogens with zero attached hydrogens (tertiary/aromatic N) is 5. The average Bonchev–Trinajstić information content (AvgIpc) is 3.39. The second-order valence-corrected chi connectivity index (χ2v) is 7.18. The van der Waals surface area contributed by atoms with Gasteiger partial charge in [0.05, 0.1) is 4.88 Å². The summed E-state index contributed by atoms with van der Waals surface area (Å²) >= 11 is 1.57. The van der Waals surface area contributed by atoms with Crippen LogP contribution in [-0.4, -0.2) is 30.4 Å². The van der Waals surface area contributed by atoms with Gasteiger partial charge in [0, 0.05) is 5.56 Å². The lowest BCUT2D eigenvalue weighted by Gasteiger charge is -2.27. The molecule has 0 amide bonds. The number of tetrazole rings is 1. The third-order valence-corrected chi connectivity index (χ3v) is 5.60. The summed E-state index contributed by atoms with van der Waals surface area (Å²) in [6, 6.07) is 11.9. The maximum Gasteiger partial charge on any atom is 0.288 e. The summed E-state index contributed by atoms with van der Waals surface area (Å²) in [4.78, 5) is 13.5. The third-order valence-electron chi connectivity index (χ3n) is 4.73. The van der Waals surface area contributed by atoms with E-state index in [1.807, 2.05) is 17.5 Å². The molecule has 0 spiro atoms. The zero-order chi connectivity index (χ0) is 18.4. The first-order valence-electron chi connectivity index (χ1n) is 8.56. The van der Waals surface area contributed by atoms with Gasteiger partial charge in [-0.05, 0) is 39.4 Å². The SMILES string of the molecule is CCc1ccc([C@H]2c3c(-c4cccs4)n[nH]c(=O)c3Nc3nnnn32)cc1. The van der Waals surface area contributed by atoms with Crippen LogP contribution in [0.2, 0.25) is 0 Å². The number of anilines is 2. The van der Waals surface area contributed by atoms with Gasteiger partial charge in [-0.2, -0.15) is 9.78 Å². The Labute approximate surface area is 157 Å². The third kappa shape index (κ3) is 2.47. The molecule has 0 radical (unpaired) electrons. The Balaban J connectivity index is 1.79. The van der Waals surface area contributed by atoms with Gasteiger partial charge in [0.2, 0.25) is 5.95 Å². The number of aryl methyl sites for hydroxylation is 1. The Hall–Kier alpha value is -3.33. The fourth-order valence-corrected chi connectivity index (χ4v) is 4.11. The minimum atomic E-state index is -0.343. The number of hydrogen-bond acceptors (Lipinski definition) is 7. The monoisotopic (exact) mass is 377 g/mol. The van der Waals surface area contributed by atoms with Crippen LogP contribution in [0.1, 0.15) is 29.7 Å². The van der Waals surface area contributed by atoms with Crippen LogP contribution in [0.3, 0.4) is 0 Å². The molecule has 0 saturated carbocycles. The molecule has 1 aromatic carbocycles. The van der Waals surface area contributed by atoms with Crippen molar-refractivity contribution in [2.24, 2.45) is 0 Å². The second-order valence-electron chi connectivity index (χ2n) is 6.24. The van der Waals surface area contributed by atoms with E-state index in [0.29, 0.717) is 11.6 Å². The number of H-pyrrole nitrogens is 1. The highest BCUT2D eigenvalue weighted by atomic mass is 32.1. The van der Waals surface area contributed by atoms with Crippen LogP contribution in [0.4, 0.5) is 11.6 Å². The fraction of sp³-hybridized carbons (Fsp3) is 0.167. The normalized spacial score (nSPS) is 15.1. The number of nitrogens with one attached hydrogen (secondary N) is 2. The molecule has 2 N–H and O–H groups in total. The fourth-order valence-electron chi connectivity index (χ4n) is 3.38. The highest BCUT2D eigenvalue weighted by molar-refractivity contribution is 7.13. The van der Waals surface area contributed by atoms with Gasteiger partial charge in [-0.15, -0.1) is 11.3 Å². The molecule has 0 unspecified atom stereocenters. The van der Waals surface area contributed by atoms with Crippen LogP contribution >= 0.6 is 11.3 Å². The molecule has 8 nitrogen and oxygen atoms in total. The van der Waals surface area contributed by atoms with E-state index in [1.165, 1.54) is 5.56 Å². The van der Waals surface area contributed by atoms with Crippen LogP contribution in [0.15, 0.2) is 46.6 Å². The predicted molar refractivity (Wildman–Crippen MR) is 102 cm³/mol. The summed E-state index contributed by atoms with van der Waals surface area (Å²) in [5.41, 5.74) is 3.86. The first-order chi connectivity index (χ1) is 13.3. The zero-order valence-electron chi connectivity index (χ0n) is 14.4. The average molecular weight is 377 g/mol. The first kappa shape index (κ1) is 15.9. The van der Waals surface area contributed by atoms with Gasteiger partial charge in [0.1, 0.15) is 17.4 Å². The van der Waals surface area contributed by atoms with Crippen LogP contribution in [-0.2, 0) is 6.42 Å². The molecular formula is C18H15N7OS. The Kier molecular flexibility index (Phi) is 3.61. The number of hydrogen-bond donors (Lipinski definition) is 2. The number of thiophene rings is 1. The van der Waals surface area contributed by atoms with E-state index in [9.17, 15) is 4.79 Å². The summed E-state index contributed by atoms with van der Waals surface area (Å²) in [6.45, 7) is 2.12. The summed E-state index contributed by atoms with van der Waals surface area (Å²) in [7, 11) is 0. The minimum absolute atomic E-state index is 0.297. The van der Waals surface area contributed by atoms with Crippen molar-refractivity contribution in [3.8, 4) is 10.6 Å². The van der Waals surface area contributed by atoms with Gasteiger partial charge in [-0.3, -0.25) is 4.79 Å². The Morgan fingerprint density at radius 3 is 2.81 bits per heavy atom. The highest BCUT2D eigenvalue weighted by Gasteiger charge is 2.34. The van der Waals surface area contributed by atoms with Crippen LogP contribution in [0, 0.1) is 0 Å². The molecule has 0 aliphatic carbocycles. The molecule has 0 bridgehead atoms. The van der Waals surface area contributed by atoms with Crippen molar-refractivity contribution >= 4 is 23.0 Å². The number of benzene rings is 1. The predicted octanol–water partition coefficient (Wildman–Crippen LogP) is 2.74. The minimum Gasteiger partial charge on any atom is -0.318 e. The van der Waals surface area contributed by atoms with E-state index < -0.39 is 0 Å². The van der Waals surface area contributed by atoms with Crippen molar-refractivity contribution in [3.63, 3.8) is 0 Å². The maximum atomic E-state index is 12.5. The molecule has 1 aliphatic rings. The van der Waals surface area contributed by atoms with Crippen molar-refractivity contribution in [1.82, 2.24) is 30.4 Å². The second kappa shape index (κ2) is 6.13. The largest absolute Gasteiger partial charge is 0.318 e. The lowest BCUT2D eigenvalue weighted by molar-refractivity contribution is 0.567. The highest BCUT2D eigenvalue weighted by Crippen LogP contribution is 2.41. The lowest BCUT2D eigenvalue weighted by atomic mass is 9.93. The van der Waals surface area contributed by atoms with Gasteiger partial charge < -0.3 is 5.32 Å². The number of fused-ring (bicyclic) bond motifs is 2. The molecular weight excluding hydrogens is 362 g/mol. The van der Waals surface area contributed by atoms with E-state index >= 15 is 0 Å². The van der Waals surface area contributed by atoms with Crippen molar-refractivity contribution in [2.75, 3.05) is 5.32 Å². The number of rotatable bonds is 3. The van der Waals surface area contributed by atoms with E-state index in [2.05, 4.69) is 62.2 Å². The first-order valence-corrected chi connectivity index (χ1v) is 9.44. The van der Waals surface area contributed by atoms with E-state index in [0.717, 1.165) is 28.1 Å². The smallest absolute Gasteiger partial charge is 0.288 e. The van der Waals surface area contributed by atoms with Crippen molar-refractivity contribution < 1.29 is 0 Å². The van der Waals surface area contributed by atoms with Gasteiger partial charge in [-0.1, -0.05) is 42.4 Å². The maximum absolute atomic E-state index is 12.5. The summed E-state index contributed by atoms with van der Waals surface area (Å²) in [5, 5.41) is 24.0. The summed E-state index contributed by atoms with van der Waals surface area (Å²) in [6.07, 6.45) is 0.959. The number of aromatic nitrogens is 6. The molecule has 27 heavy (non-hydrogen) atoms. The van der Waals surface area contributed by atoms with Crippen LogP contribution in [0.5, 0.6) is 0 Å². The molecule has 0 saturated heterocycles. The van der Waals surface area contributed by atoms with Crippen molar-refractivity contribution in [1.29, 1.82) is 0 Å². The van der Waals surface area contributed by atoms with Crippen molar-refractivity contribution in [2.45, 2.75) is 19.4 Å². The molecule has 1 aliphatic heterocycles. The zero-order valence-corrected chi connectivity index (χ0v) is 15.2. The molecule has 9 heteroatoms. The summed E-state index contributed by atoms with van der Waals surface area (Å²) in [5.74, 6) is 0.431. The Bertz CT molecular complexity index is 1160. The Morgan fingerprint density at radius 2 is 2.07 bits per heavy atom. The topological polar surface area (TPSA) is 101 Å². The van der Waals surface area contributed by atoms with E-state index in [4.69, 9.17) is 0 Å². The van der Waals surface area contributed by atoms with Crippen LogP contribution in [0.25, 0.3) is 10.6 Å². The van der Waals surface area contributed by atoms with Crippen LogP contribution < -0.4 is 10.9 Å². The molecule has 4 heterocycles. The van der Waals surface area contributed by atoms with Gasteiger partial charge >= 0.3 is 0 Å². The molecule has 4 aromatic rings.